The highest BCUT2D eigenvalue weighted by Crippen LogP contribution is 2.32. The van der Waals surface area contributed by atoms with Gasteiger partial charge < -0.3 is 10.2 Å². The molecule has 0 saturated heterocycles. The molecule has 0 radical (unpaired) electrons. The Morgan fingerprint density at radius 2 is 1.61 bits per heavy atom. The van der Waals surface area contributed by atoms with Crippen molar-refractivity contribution in [2.24, 2.45) is 0 Å². The molecule has 2 amide bonds. The zero-order valence-electron chi connectivity index (χ0n) is 22.6. The predicted octanol–water partition coefficient (Wildman–Crippen LogP) is 5.29. The van der Waals surface area contributed by atoms with Crippen molar-refractivity contribution in [3.05, 3.63) is 101 Å². The van der Waals surface area contributed by atoms with Crippen LogP contribution in [0.2, 0.25) is 5.02 Å². The van der Waals surface area contributed by atoms with E-state index >= 15 is 0 Å². The Hall–Kier alpha value is -3.57. The minimum Gasteiger partial charge on any atom is -0.357 e. The van der Waals surface area contributed by atoms with E-state index in [0.29, 0.717) is 10.6 Å². The van der Waals surface area contributed by atoms with Crippen molar-refractivity contribution in [2.75, 3.05) is 24.2 Å². The molecular weight excluding hydrogens is 579 g/mol. The van der Waals surface area contributed by atoms with Crippen molar-refractivity contribution in [3.8, 4) is 0 Å². The van der Waals surface area contributed by atoms with Crippen LogP contribution in [0.1, 0.15) is 29.5 Å². The molecule has 12 heteroatoms. The van der Waals surface area contributed by atoms with Gasteiger partial charge in [0.25, 0.3) is 0 Å². The van der Waals surface area contributed by atoms with E-state index in [9.17, 15) is 31.2 Å². The molecule has 0 saturated carbocycles. The monoisotopic (exact) mass is 609 g/mol. The van der Waals surface area contributed by atoms with Crippen molar-refractivity contribution in [1.82, 2.24) is 10.2 Å². The second-order valence-corrected chi connectivity index (χ2v) is 11.8. The zero-order valence-corrected chi connectivity index (χ0v) is 24.1. The molecule has 0 aromatic heterocycles. The van der Waals surface area contributed by atoms with Crippen LogP contribution in [0.3, 0.4) is 0 Å². The second kappa shape index (κ2) is 13.9. The molecule has 7 nitrogen and oxygen atoms in total. The zero-order chi connectivity index (χ0) is 30.2. The minimum absolute atomic E-state index is 0.00000427. The maximum absolute atomic E-state index is 13.6. The summed E-state index contributed by atoms with van der Waals surface area (Å²) in [6, 6.07) is 19.2. The number of nitrogens with zero attached hydrogens (tertiary/aromatic N) is 2. The lowest BCUT2D eigenvalue weighted by Crippen LogP contribution is -2.49. The van der Waals surface area contributed by atoms with Gasteiger partial charge in [0.2, 0.25) is 21.8 Å². The van der Waals surface area contributed by atoms with Gasteiger partial charge in [0.1, 0.15) is 6.04 Å². The summed E-state index contributed by atoms with van der Waals surface area (Å²) in [4.78, 5) is 28.1. The molecule has 0 bridgehead atoms. The average molecular weight is 610 g/mol. The molecule has 1 N–H and O–H groups in total. The van der Waals surface area contributed by atoms with Crippen molar-refractivity contribution >= 4 is 39.1 Å². The highest BCUT2D eigenvalue weighted by Gasteiger charge is 2.32. The van der Waals surface area contributed by atoms with Gasteiger partial charge >= 0.3 is 6.18 Å². The summed E-state index contributed by atoms with van der Waals surface area (Å²) in [5.74, 6) is -0.807. The summed E-state index contributed by atoms with van der Waals surface area (Å²) in [5.41, 5.74) is 0.381. The van der Waals surface area contributed by atoms with Crippen LogP contribution < -0.4 is 9.62 Å². The van der Waals surface area contributed by atoms with Gasteiger partial charge in [-0.05, 0) is 47.9 Å². The molecule has 0 aliphatic heterocycles. The molecule has 220 valence electrons. The first kappa shape index (κ1) is 32.0. The van der Waals surface area contributed by atoms with Crippen LogP contribution in [0.15, 0.2) is 78.9 Å². The van der Waals surface area contributed by atoms with Gasteiger partial charge in [0.05, 0.1) is 17.5 Å². The maximum Gasteiger partial charge on any atom is 0.416 e. The third-order valence-electron chi connectivity index (χ3n) is 6.37. The molecule has 3 rings (SSSR count). The minimum atomic E-state index is -4.65. The molecule has 0 heterocycles. The Balaban J connectivity index is 1.86. The molecule has 3 aromatic rings. The summed E-state index contributed by atoms with van der Waals surface area (Å²) in [5, 5.41) is 3.07. The van der Waals surface area contributed by atoms with Gasteiger partial charge in [-0.15, -0.1) is 0 Å². The van der Waals surface area contributed by atoms with E-state index in [2.05, 4.69) is 5.32 Å². The lowest BCUT2D eigenvalue weighted by Gasteiger charge is -2.31. The van der Waals surface area contributed by atoms with Crippen LogP contribution >= 0.6 is 11.6 Å². The van der Waals surface area contributed by atoms with Crippen LogP contribution in [-0.2, 0) is 38.8 Å². The molecule has 41 heavy (non-hydrogen) atoms. The lowest BCUT2D eigenvalue weighted by atomic mass is 10.0. The lowest BCUT2D eigenvalue weighted by molar-refractivity contribution is -0.141. The Morgan fingerprint density at radius 3 is 2.22 bits per heavy atom. The second-order valence-electron chi connectivity index (χ2n) is 9.46. The number of carbonyl (C=O) groups excluding carboxylic acids is 2. The fraction of sp³-hybridized carbons (Fsp3) is 0.310. The van der Waals surface area contributed by atoms with Crippen molar-refractivity contribution in [3.63, 3.8) is 0 Å². The first-order valence-electron chi connectivity index (χ1n) is 12.7. The number of anilines is 1. The number of hydrogen-bond donors (Lipinski definition) is 1. The largest absolute Gasteiger partial charge is 0.416 e. The van der Waals surface area contributed by atoms with Gasteiger partial charge in [-0.2, -0.15) is 13.2 Å². The van der Waals surface area contributed by atoms with Crippen LogP contribution in [-0.4, -0.2) is 51.0 Å². The number of halogens is 4. The summed E-state index contributed by atoms with van der Waals surface area (Å²) < 4.78 is 65.6. The number of nitrogens with one attached hydrogen (secondary N) is 1. The summed E-state index contributed by atoms with van der Waals surface area (Å²) in [6.07, 6.45) is -3.69. The number of rotatable bonds is 12. The molecule has 0 spiro atoms. The Labute approximate surface area is 243 Å². The Morgan fingerprint density at radius 1 is 0.951 bits per heavy atom. The summed E-state index contributed by atoms with van der Waals surface area (Å²) in [6.45, 7) is -0.173. The van der Waals surface area contributed by atoms with Gasteiger partial charge in [-0.25, -0.2) is 8.42 Å². The predicted molar refractivity (Wildman–Crippen MR) is 153 cm³/mol. The van der Waals surface area contributed by atoms with E-state index in [1.54, 1.807) is 24.3 Å². The third-order valence-corrected chi connectivity index (χ3v) is 7.80. The number of alkyl halides is 3. The highest BCUT2D eigenvalue weighted by atomic mass is 35.5. The molecule has 1 atom stereocenters. The molecular formula is C29H31ClF3N3O4S. The fourth-order valence-electron chi connectivity index (χ4n) is 4.39. The van der Waals surface area contributed by atoms with E-state index < -0.39 is 33.7 Å². The van der Waals surface area contributed by atoms with E-state index in [1.165, 1.54) is 18.0 Å². The fourth-order valence-corrected chi connectivity index (χ4v) is 5.56. The normalized spacial score (nSPS) is 12.4. The SMILES string of the molecule is CNC(=O)[C@H](Cc1ccccc1)N(Cc1cccc(Cl)c1)C(=O)CCCN(c1cccc(C(F)(F)F)c1)S(C)(=O)=O. The number of hydrogen-bond acceptors (Lipinski definition) is 4. The van der Waals surface area contributed by atoms with Gasteiger partial charge in [-0.1, -0.05) is 60.1 Å². The van der Waals surface area contributed by atoms with Crippen LogP contribution in [0.4, 0.5) is 18.9 Å². The topological polar surface area (TPSA) is 86.8 Å². The first-order chi connectivity index (χ1) is 19.3. The first-order valence-corrected chi connectivity index (χ1v) is 15.0. The molecule has 3 aromatic carbocycles. The Bertz CT molecular complexity index is 1450. The van der Waals surface area contributed by atoms with Crippen LogP contribution in [0, 0.1) is 0 Å². The van der Waals surface area contributed by atoms with E-state index in [4.69, 9.17) is 11.6 Å². The molecule has 0 aliphatic rings. The van der Waals surface area contributed by atoms with Gasteiger partial charge in [0.15, 0.2) is 0 Å². The third kappa shape index (κ3) is 9.22. The van der Waals surface area contributed by atoms with Gasteiger partial charge in [-0.3, -0.25) is 13.9 Å². The standard InChI is InChI=1S/C29H31ClF3N3O4S/c1-34-28(38)26(18-21-9-4-3-5-10-21)35(20-22-11-6-13-24(30)17-22)27(37)15-8-16-36(41(2,39)40)25-14-7-12-23(19-25)29(31,32)33/h3-7,9-14,17,19,26H,8,15-16,18,20H2,1-2H3,(H,34,38)/t26-/m0/s1. The molecule has 0 aliphatic carbocycles. The van der Waals surface area contributed by atoms with E-state index in [1.807, 2.05) is 30.3 Å². The van der Waals surface area contributed by atoms with E-state index in [0.717, 1.165) is 34.3 Å². The quantitative estimate of drug-likeness (QED) is 0.302. The van der Waals surface area contributed by atoms with Gasteiger partial charge in [0, 0.05) is 38.0 Å². The van der Waals surface area contributed by atoms with E-state index in [-0.39, 0.29) is 43.9 Å². The maximum atomic E-state index is 13.6. The summed E-state index contributed by atoms with van der Waals surface area (Å²) >= 11 is 6.15. The number of likely N-dealkylation sites (N-methyl/N-ethyl adjacent to an activating group) is 1. The molecule has 0 fully saturated rings. The number of amides is 2. The average Bonchev–Trinajstić information content (AvgIpc) is 2.92. The number of benzene rings is 3. The highest BCUT2D eigenvalue weighted by molar-refractivity contribution is 7.92. The smallest absolute Gasteiger partial charge is 0.357 e. The van der Waals surface area contributed by atoms with Crippen molar-refractivity contribution < 1.29 is 31.2 Å². The molecule has 0 unspecified atom stereocenters. The number of carbonyl (C=O) groups is 2. The number of sulfonamides is 1. The van der Waals surface area contributed by atoms with Crippen LogP contribution in [0.5, 0.6) is 0 Å². The Kier molecular flexibility index (Phi) is 10.8. The van der Waals surface area contributed by atoms with Crippen molar-refractivity contribution in [1.29, 1.82) is 0 Å². The van der Waals surface area contributed by atoms with Crippen molar-refractivity contribution in [2.45, 2.75) is 38.0 Å². The summed E-state index contributed by atoms with van der Waals surface area (Å²) in [7, 11) is -2.49. The van der Waals surface area contributed by atoms with Crippen LogP contribution in [0.25, 0.3) is 0 Å².